The standard InChI is InChI=1S/C23H23NO2S/c1-17(18-9-5-3-6-10-18)24-23(25)19-13-14-22(26-2)20(15-19)16-27-21-11-7-4-8-12-21/h3-15,17H,16H2,1-2H3,(H,24,25)/t17-/m1/s1. The molecule has 0 saturated heterocycles. The molecule has 138 valence electrons. The van der Waals surface area contributed by atoms with Gasteiger partial charge in [-0.3, -0.25) is 4.79 Å². The molecular formula is C23H23NO2S. The van der Waals surface area contributed by atoms with E-state index in [2.05, 4.69) is 17.4 Å². The van der Waals surface area contributed by atoms with Crippen molar-refractivity contribution in [1.82, 2.24) is 5.32 Å². The summed E-state index contributed by atoms with van der Waals surface area (Å²) in [5, 5.41) is 3.06. The topological polar surface area (TPSA) is 38.3 Å². The van der Waals surface area contributed by atoms with E-state index < -0.39 is 0 Å². The Morgan fingerprint density at radius 2 is 1.67 bits per heavy atom. The van der Waals surface area contributed by atoms with Gasteiger partial charge in [-0.25, -0.2) is 0 Å². The third-order valence-corrected chi connectivity index (χ3v) is 5.39. The highest BCUT2D eigenvalue weighted by Gasteiger charge is 2.14. The van der Waals surface area contributed by atoms with Crippen LogP contribution in [0.3, 0.4) is 0 Å². The quantitative estimate of drug-likeness (QED) is 0.554. The third kappa shape index (κ3) is 5.14. The van der Waals surface area contributed by atoms with E-state index in [1.165, 1.54) is 4.90 Å². The molecule has 1 atom stereocenters. The van der Waals surface area contributed by atoms with Crippen LogP contribution in [0.4, 0.5) is 0 Å². The number of rotatable bonds is 7. The van der Waals surface area contributed by atoms with E-state index in [1.807, 2.05) is 73.7 Å². The van der Waals surface area contributed by atoms with Crippen LogP contribution in [-0.2, 0) is 5.75 Å². The zero-order valence-electron chi connectivity index (χ0n) is 15.5. The molecule has 0 aliphatic carbocycles. The fraction of sp³-hybridized carbons (Fsp3) is 0.174. The van der Waals surface area contributed by atoms with Gasteiger partial charge in [-0.1, -0.05) is 48.5 Å². The minimum absolute atomic E-state index is 0.0528. The van der Waals surface area contributed by atoms with Crippen molar-refractivity contribution in [2.45, 2.75) is 23.6 Å². The molecule has 0 radical (unpaired) electrons. The number of carbonyl (C=O) groups excluding carboxylic acids is 1. The fourth-order valence-electron chi connectivity index (χ4n) is 2.82. The molecule has 0 aliphatic rings. The van der Waals surface area contributed by atoms with Crippen LogP contribution in [0.15, 0.2) is 83.8 Å². The average Bonchev–Trinajstić information content (AvgIpc) is 2.73. The van der Waals surface area contributed by atoms with Crippen LogP contribution >= 0.6 is 11.8 Å². The summed E-state index contributed by atoms with van der Waals surface area (Å²) < 4.78 is 5.47. The second-order valence-corrected chi connectivity index (χ2v) is 7.28. The van der Waals surface area contributed by atoms with Crippen molar-refractivity contribution >= 4 is 17.7 Å². The predicted octanol–water partition coefficient (Wildman–Crippen LogP) is 5.48. The van der Waals surface area contributed by atoms with Crippen molar-refractivity contribution in [1.29, 1.82) is 0 Å². The van der Waals surface area contributed by atoms with Crippen molar-refractivity contribution in [2.75, 3.05) is 7.11 Å². The summed E-state index contributed by atoms with van der Waals surface area (Å²) >= 11 is 1.72. The van der Waals surface area contributed by atoms with Crippen LogP contribution in [-0.4, -0.2) is 13.0 Å². The highest BCUT2D eigenvalue weighted by Crippen LogP contribution is 2.29. The van der Waals surface area contributed by atoms with Crippen molar-refractivity contribution in [2.24, 2.45) is 0 Å². The summed E-state index contributed by atoms with van der Waals surface area (Å²) in [6.07, 6.45) is 0. The van der Waals surface area contributed by atoms with E-state index in [0.717, 1.165) is 22.6 Å². The van der Waals surface area contributed by atoms with Crippen LogP contribution in [0.25, 0.3) is 0 Å². The van der Waals surface area contributed by atoms with Crippen molar-refractivity contribution in [3.05, 3.63) is 95.6 Å². The number of ether oxygens (including phenoxy) is 1. The minimum Gasteiger partial charge on any atom is -0.496 e. The summed E-state index contributed by atoms with van der Waals surface area (Å²) in [5.41, 5.74) is 2.73. The van der Waals surface area contributed by atoms with E-state index in [9.17, 15) is 4.79 Å². The molecule has 0 aliphatic heterocycles. The fourth-order valence-corrected chi connectivity index (χ4v) is 3.71. The Kier molecular flexibility index (Phi) is 6.55. The van der Waals surface area contributed by atoms with Crippen LogP contribution in [0.2, 0.25) is 0 Å². The summed E-state index contributed by atoms with van der Waals surface area (Å²) in [4.78, 5) is 13.9. The Balaban J connectivity index is 1.72. The first-order valence-electron chi connectivity index (χ1n) is 8.88. The molecule has 3 aromatic carbocycles. The summed E-state index contributed by atoms with van der Waals surface area (Å²) in [7, 11) is 1.66. The Morgan fingerprint density at radius 1 is 1.00 bits per heavy atom. The van der Waals surface area contributed by atoms with E-state index >= 15 is 0 Å². The monoisotopic (exact) mass is 377 g/mol. The normalized spacial score (nSPS) is 11.6. The molecule has 3 rings (SSSR count). The van der Waals surface area contributed by atoms with Gasteiger partial charge in [-0.05, 0) is 42.8 Å². The number of amides is 1. The van der Waals surface area contributed by atoms with Gasteiger partial charge in [0.15, 0.2) is 0 Å². The van der Waals surface area contributed by atoms with Crippen molar-refractivity contribution in [3.63, 3.8) is 0 Å². The molecule has 0 saturated carbocycles. The van der Waals surface area contributed by atoms with Gasteiger partial charge >= 0.3 is 0 Å². The number of hydrogen-bond acceptors (Lipinski definition) is 3. The number of carbonyl (C=O) groups is 1. The number of hydrogen-bond donors (Lipinski definition) is 1. The predicted molar refractivity (Wildman–Crippen MR) is 111 cm³/mol. The second kappa shape index (κ2) is 9.28. The Labute approximate surface area is 164 Å². The molecule has 0 fully saturated rings. The van der Waals surface area contributed by atoms with Gasteiger partial charge < -0.3 is 10.1 Å². The van der Waals surface area contributed by atoms with E-state index in [-0.39, 0.29) is 11.9 Å². The van der Waals surface area contributed by atoms with Gasteiger partial charge in [0, 0.05) is 21.8 Å². The summed E-state index contributed by atoms with van der Waals surface area (Å²) in [6, 6.07) is 25.7. The maximum atomic E-state index is 12.7. The Hall–Kier alpha value is -2.72. The van der Waals surface area contributed by atoms with Gasteiger partial charge in [0.2, 0.25) is 0 Å². The van der Waals surface area contributed by atoms with Crippen LogP contribution in [0.1, 0.15) is 34.5 Å². The van der Waals surface area contributed by atoms with E-state index in [4.69, 9.17) is 4.74 Å². The minimum atomic E-state index is -0.0834. The number of nitrogens with one attached hydrogen (secondary N) is 1. The molecule has 1 amide bonds. The van der Waals surface area contributed by atoms with Crippen LogP contribution in [0, 0.1) is 0 Å². The summed E-state index contributed by atoms with van der Waals surface area (Å²) in [5.74, 6) is 1.45. The lowest BCUT2D eigenvalue weighted by Crippen LogP contribution is -2.26. The molecule has 0 unspecified atom stereocenters. The first-order valence-corrected chi connectivity index (χ1v) is 9.86. The van der Waals surface area contributed by atoms with Gasteiger partial charge in [-0.15, -0.1) is 11.8 Å². The van der Waals surface area contributed by atoms with Crippen LogP contribution in [0.5, 0.6) is 5.75 Å². The maximum Gasteiger partial charge on any atom is 0.251 e. The van der Waals surface area contributed by atoms with E-state index in [1.54, 1.807) is 18.9 Å². The lowest BCUT2D eigenvalue weighted by molar-refractivity contribution is 0.0939. The lowest BCUT2D eigenvalue weighted by atomic mass is 10.1. The maximum absolute atomic E-state index is 12.7. The molecule has 0 bridgehead atoms. The van der Waals surface area contributed by atoms with E-state index in [0.29, 0.717) is 5.56 Å². The van der Waals surface area contributed by atoms with Gasteiger partial charge in [0.25, 0.3) is 5.91 Å². The molecule has 27 heavy (non-hydrogen) atoms. The van der Waals surface area contributed by atoms with Crippen LogP contribution < -0.4 is 10.1 Å². The first kappa shape index (κ1) is 19.1. The Morgan fingerprint density at radius 3 is 2.33 bits per heavy atom. The molecule has 0 aromatic heterocycles. The average molecular weight is 378 g/mol. The van der Waals surface area contributed by atoms with Crippen molar-refractivity contribution < 1.29 is 9.53 Å². The van der Waals surface area contributed by atoms with Gasteiger partial charge in [0.1, 0.15) is 5.75 Å². The zero-order valence-corrected chi connectivity index (χ0v) is 16.3. The lowest BCUT2D eigenvalue weighted by Gasteiger charge is -2.15. The van der Waals surface area contributed by atoms with Gasteiger partial charge in [0.05, 0.1) is 13.2 Å². The first-order chi connectivity index (χ1) is 13.2. The SMILES string of the molecule is COc1ccc(C(=O)N[C@H](C)c2ccccc2)cc1CSc1ccccc1. The second-order valence-electron chi connectivity index (χ2n) is 6.23. The molecule has 0 spiro atoms. The summed E-state index contributed by atoms with van der Waals surface area (Å²) in [6.45, 7) is 1.99. The molecule has 3 aromatic rings. The third-order valence-electron chi connectivity index (χ3n) is 4.33. The Bertz CT molecular complexity index is 881. The molecule has 4 heteroatoms. The largest absolute Gasteiger partial charge is 0.496 e. The highest BCUT2D eigenvalue weighted by molar-refractivity contribution is 7.98. The highest BCUT2D eigenvalue weighted by atomic mass is 32.2. The zero-order chi connectivity index (χ0) is 19.1. The molecule has 1 N–H and O–H groups in total. The smallest absolute Gasteiger partial charge is 0.251 e. The van der Waals surface area contributed by atoms with Gasteiger partial charge in [-0.2, -0.15) is 0 Å². The molecular weight excluding hydrogens is 354 g/mol. The number of methoxy groups -OCH3 is 1. The molecule has 0 heterocycles. The number of benzene rings is 3. The number of thioether (sulfide) groups is 1. The molecule has 3 nitrogen and oxygen atoms in total. The van der Waals surface area contributed by atoms with Crippen molar-refractivity contribution in [3.8, 4) is 5.75 Å².